The summed E-state index contributed by atoms with van der Waals surface area (Å²) in [7, 11) is 0. The highest BCUT2D eigenvalue weighted by molar-refractivity contribution is 6.19. The van der Waals surface area contributed by atoms with Crippen molar-refractivity contribution in [2.24, 2.45) is 0 Å². The molecule has 330 valence electrons. The first-order valence-electron chi connectivity index (χ1n) is 24.0. The normalized spacial score (nSPS) is 11.6. The molecule has 0 bridgehead atoms. The van der Waals surface area contributed by atoms with Crippen molar-refractivity contribution in [1.29, 1.82) is 0 Å². The Kier molecular flexibility index (Phi) is 9.23. The number of nitrogens with zero attached hydrogens (tertiary/aromatic N) is 3. The molecule has 0 spiro atoms. The molecule has 0 saturated carbocycles. The van der Waals surface area contributed by atoms with Gasteiger partial charge in [-0.05, 0) is 105 Å². The first-order valence-corrected chi connectivity index (χ1v) is 24.0. The topological polar surface area (TPSA) is 27.4 Å². The minimum Gasteiger partial charge on any atom is -0.455 e. The summed E-state index contributed by atoms with van der Waals surface area (Å²) in [6.45, 7) is 9.39. The summed E-state index contributed by atoms with van der Waals surface area (Å²) in [6, 6.07) is 88.3. The highest BCUT2D eigenvalue weighted by atomic mass is 16.3. The van der Waals surface area contributed by atoms with Gasteiger partial charge < -0.3 is 13.6 Å². The third kappa shape index (κ3) is 6.45. The van der Waals surface area contributed by atoms with Gasteiger partial charge in [0.1, 0.15) is 11.2 Å². The summed E-state index contributed by atoms with van der Waals surface area (Å²) in [5, 5.41) is 6.32. The summed E-state index contributed by atoms with van der Waals surface area (Å²) in [5.74, 6) is 0. The van der Waals surface area contributed by atoms with Crippen LogP contribution < -0.4 is 0 Å². The van der Waals surface area contributed by atoms with Crippen molar-refractivity contribution < 1.29 is 4.42 Å². The minimum atomic E-state index is 0.494. The van der Waals surface area contributed by atoms with Gasteiger partial charge in [-0.15, -0.1) is 0 Å². The zero-order chi connectivity index (χ0) is 47.0. The summed E-state index contributed by atoms with van der Waals surface area (Å²) in [6.07, 6.45) is 0. The molecule has 0 aliphatic rings. The van der Waals surface area contributed by atoms with Gasteiger partial charge in [-0.1, -0.05) is 194 Å². The lowest BCUT2D eigenvalue weighted by Gasteiger charge is -2.17. The van der Waals surface area contributed by atoms with Crippen LogP contribution in [-0.4, -0.2) is 9.13 Å². The second-order valence-electron chi connectivity index (χ2n) is 18.3. The molecule has 0 fully saturated rings. The number of hydrogen-bond acceptors (Lipinski definition) is 1. The summed E-state index contributed by atoms with van der Waals surface area (Å²) in [5.41, 5.74) is 18.6. The molecule has 0 unspecified atom stereocenters. The average molecular weight is 904 g/mol. The van der Waals surface area contributed by atoms with E-state index in [1.165, 1.54) is 0 Å². The van der Waals surface area contributed by atoms with Crippen LogP contribution in [0.25, 0.3) is 137 Å². The molecule has 0 saturated heterocycles. The Morgan fingerprint density at radius 1 is 0.296 bits per heavy atom. The smallest absolute Gasteiger partial charge is 0.237 e. The van der Waals surface area contributed by atoms with Gasteiger partial charge in [-0.25, -0.2) is 4.85 Å². The molecular formula is C67H41N3O. The molecule has 0 amide bonds. The molecule has 0 aliphatic carbocycles. The van der Waals surface area contributed by atoms with Gasteiger partial charge >= 0.3 is 0 Å². The molecule has 14 rings (SSSR count). The Morgan fingerprint density at radius 3 is 1.07 bits per heavy atom. The molecule has 14 aromatic rings. The summed E-state index contributed by atoms with van der Waals surface area (Å²) in [4.78, 5) is 4.62. The minimum absolute atomic E-state index is 0.494. The van der Waals surface area contributed by atoms with Crippen molar-refractivity contribution in [1.82, 2.24) is 9.13 Å². The molecule has 0 aliphatic heterocycles. The van der Waals surface area contributed by atoms with Crippen LogP contribution in [0.5, 0.6) is 0 Å². The molecular weight excluding hydrogens is 863 g/mol. The van der Waals surface area contributed by atoms with E-state index in [4.69, 9.17) is 4.42 Å². The van der Waals surface area contributed by atoms with Crippen LogP contribution in [0.4, 0.5) is 5.69 Å². The van der Waals surface area contributed by atoms with Crippen LogP contribution in [-0.2, 0) is 0 Å². The van der Waals surface area contributed by atoms with Crippen LogP contribution in [0, 0.1) is 6.57 Å². The first-order chi connectivity index (χ1) is 35.2. The zero-order valence-electron chi connectivity index (χ0n) is 38.4. The van der Waals surface area contributed by atoms with Crippen molar-refractivity contribution in [2.45, 2.75) is 0 Å². The molecule has 0 atom stereocenters. The molecule has 0 radical (unpaired) electrons. The molecule has 3 aromatic heterocycles. The standard InChI is InChI=1S/C67H41N3O/c1-68-64-63(69-59-34-30-48(43-18-7-2-8-19-43)38-54(59)55-39-49(31-35-60(55)69)44-20-9-3-10-21-44)42-58-53-29-17-28-52(47-26-15-6-16-27-47)66(53)71-67(58)65(64)70-61-36-32-50(45-22-11-4-12-23-45)40-56(61)57-41-51(33-37-62(57)70)46-24-13-5-14-25-46/h2-42H. The Bertz CT molecular complexity index is 4230. The van der Waals surface area contributed by atoms with Crippen molar-refractivity contribution >= 4 is 71.2 Å². The second kappa shape index (κ2) is 16.2. The van der Waals surface area contributed by atoms with Crippen molar-refractivity contribution in [3.05, 3.63) is 260 Å². The van der Waals surface area contributed by atoms with E-state index in [-0.39, 0.29) is 0 Å². The summed E-state index contributed by atoms with van der Waals surface area (Å²) >= 11 is 0. The fourth-order valence-electron chi connectivity index (χ4n) is 11.0. The van der Waals surface area contributed by atoms with E-state index in [0.717, 1.165) is 121 Å². The van der Waals surface area contributed by atoms with E-state index in [9.17, 15) is 6.57 Å². The fraction of sp³-hybridized carbons (Fsp3) is 0. The van der Waals surface area contributed by atoms with E-state index in [1.807, 2.05) is 6.07 Å². The maximum Gasteiger partial charge on any atom is 0.237 e. The fourth-order valence-corrected chi connectivity index (χ4v) is 11.0. The third-order valence-electron chi connectivity index (χ3n) is 14.3. The number of rotatable bonds is 7. The van der Waals surface area contributed by atoms with Gasteiger partial charge in [0.15, 0.2) is 0 Å². The Morgan fingerprint density at radius 2 is 0.676 bits per heavy atom. The van der Waals surface area contributed by atoms with E-state index in [1.54, 1.807) is 0 Å². The molecule has 4 heteroatoms. The number of fused-ring (bicyclic) bond motifs is 9. The molecule has 3 heterocycles. The monoisotopic (exact) mass is 903 g/mol. The summed E-state index contributed by atoms with van der Waals surface area (Å²) < 4.78 is 11.9. The van der Waals surface area contributed by atoms with E-state index >= 15 is 0 Å². The second-order valence-corrected chi connectivity index (χ2v) is 18.3. The molecule has 11 aromatic carbocycles. The quantitative estimate of drug-likeness (QED) is 0.146. The lowest BCUT2D eigenvalue weighted by molar-refractivity contribution is 0.667. The Hall–Kier alpha value is -9.69. The number of benzene rings is 11. The molecule has 4 nitrogen and oxygen atoms in total. The van der Waals surface area contributed by atoms with Crippen molar-refractivity contribution in [3.63, 3.8) is 0 Å². The van der Waals surface area contributed by atoms with Crippen LogP contribution >= 0.6 is 0 Å². The molecule has 0 N–H and O–H groups in total. The maximum absolute atomic E-state index is 9.39. The highest BCUT2D eigenvalue weighted by Gasteiger charge is 2.28. The third-order valence-corrected chi connectivity index (χ3v) is 14.3. The average Bonchev–Trinajstić information content (AvgIpc) is 4.10. The van der Waals surface area contributed by atoms with Gasteiger partial charge in [-0.3, -0.25) is 0 Å². The predicted molar refractivity (Wildman–Crippen MR) is 296 cm³/mol. The first kappa shape index (κ1) is 40.4. The zero-order valence-corrected chi connectivity index (χ0v) is 38.4. The number of aromatic nitrogens is 2. The van der Waals surface area contributed by atoms with Gasteiger partial charge in [0.2, 0.25) is 5.69 Å². The van der Waals surface area contributed by atoms with Gasteiger partial charge in [0.25, 0.3) is 0 Å². The largest absolute Gasteiger partial charge is 0.455 e. The highest BCUT2D eigenvalue weighted by Crippen LogP contribution is 2.50. The molecule has 71 heavy (non-hydrogen) atoms. The maximum atomic E-state index is 9.39. The lowest BCUT2D eigenvalue weighted by Crippen LogP contribution is -2.01. The number of hydrogen-bond donors (Lipinski definition) is 0. The van der Waals surface area contributed by atoms with Crippen LogP contribution in [0.1, 0.15) is 0 Å². The van der Waals surface area contributed by atoms with Crippen LogP contribution in [0.3, 0.4) is 0 Å². The van der Waals surface area contributed by atoms with Crippen molar-refractivity contribution in [2.75, 3.05) is 0 Å². The Labute approximate surface area is 410 Å². The van der Waals surface area contributed by atoms with E-state index in [2.05, 4.69) is 257 Å². The predicted octanol–water partition coefficient (Wildman–Crippen LogP) is 18.7. The van der Waals surface area contributed by atoms with Crippen LogP contribution in [0.2, 0.25) is 0 Å². The number of furan rings is 1. The van der Waals surface area contributed by atoms with E-state index in [0.29, 0.717) is 17.0 Å². The van der Waals surface area contributed by atoms with Crippen LogP contribution in [0.15, 0.2) is 253 Å². The SMILES string of the molecule is [C-]#[N+]c1c(-n2c3ccc(-c4ccccc4)cc3c3cc(-c4ccccc4)ccc32)cc2c(oc3c(-c4ccccc4)cccc32)c1-n1c2ccc(-c3ccccc3)cc2c2cc(-c3ccccc3)ccc21. The van der Waals surface area contributed by atoms with Gasteiger partial charge in [0, 0.05) is 37.9 Å². The number of para-hydroxylation sites is 1. The van der Waals surface area contributed by atoms with Gasteiger partial charge in [0.05, 0.1) is 40.0 Å². The van der Waals surface area contributed by atoms with Gasteiger partial charge in [-0.2, -0.15) is 0 Å². The Balaban J connectivity index is 1.13. The van der Waals surface area contributed by atoms with Crippen molar-refractivity contribution in [3.8, 4) is 67.0 Å². The van der Waals surface area contributed by atoms with E-state index < -0.39 is 0 Å². The lowest BCUT2D eigenvalue weighted by atomic mass is 10.0.